The zero-order valence-corrected chi connectivity index (χ0v) is 16.5. The highest BCUT2D eigenvalue weighted by Crippen LogP contribution is 2.42. The first kappa shape index (κ1) is 17.7. The van der Waals surface area contributed by atoms with E-state index in [9.17, 15) is 4.79 Å². The van der Waals surface area contributed by atoms with Crippen LogP contribution < -0.4 is 4.90 Å². The SMILES string of the molecule is Cc1nc(C(C)C)cc(N2CCC3(CCC(=O)N(CC4CC4)C3)CC2)n1. The molecule has 3 heterocycles. The molecule has 0 atom stereocenters. The molecule has 4 rings (SSSR count). The Hall–Kier alpha value is -1.65. The van der Waals surface area contributed by atoms with Crippen molar-refractivity contribution in [2.75, 3.05) is 31.1 Å². The summed E-state index contributed by atoms with van der Waals surface area (Å²) in [4.78, 5) is 26.2. The zero-order valence-electron chi connectivity index (χ0n) is 16.5. The van der Waals surface area contributed by atoms with Gasteiger partial charge < -0.3 is 9.80 Å². The number of nitrogens with zero attached hydrogens (tertiary/aromatic N) is 4. The Kier molecular flexibility index (Phi) is 4.66. The van der Waals surface area contributed by atoms with E-state index in [0.29, 0.717) is 17.2 Å². The van der Waals surface area contributed by atoms with Crippen molar-refractivity contribution in [1.82, 2.24) is 14.9 Å². The molecule has 1 amide bonds. The normalized spacial score (nSPS) is 23.2. The lowest BCUT2D eigenvalue weighted by Crippen LogP contribution is -2.52. The van der Waals surface area contributed by atoms with Gasteiger partial charge in [-0.25, -0.2) is 9.97 Å². The average Bonchev–Trinajstić information content (AvgIpc) is 3.42. The van der Waals surface area contributed by atoms with Crippen LogP contribution in [0.1, 0.15) is 69.8 Å². The Labute approximate surface area is 157 Å². The second-order valence-electron chi connectivity index (χ2n) is 9.06. The first-order chi connectivity index (χ1) is 12.4. The topological polar surface area (TPSA) is 49.3 Å². The number of carbonyl (C=O) groups excluding carboxylic acids is 1. The number of likely N-dealkylation sites (tertiary alicyclic amines) is 1. The van der Waals surface area contributed by atoms with Gasteiger partial charge >= 0.3 is 0 Å². The Morgan fingerprint density at radius 1 is 1.19 bits per heavy atom. The van der Waals surface area contributed by atoms with Gasteiger partial charge in [-0.1, -0.05) is 13.8 Å². The molecule has 0 bridgehead atoms. The van der Waals surface area contributed by atoms with E-state index in [2.05, 4.69) is 34.7 Å². The Morgan fingerprint density at radius 3 is 2.58 bits per heavy atom. The molecule has 1 spiro atoms. The van der Waals surface area contributed by atoms with E-state index in [-0.39, 0.29) is 0 Å². The number of piperidine rings is 2. The molecule has 0 aromatic carbocycles. The quantitative estimate of drug-likeness (QED) is 0.828. The summed E-state index contributed by atoms with van der Waals surface area (Å²) in [5, 5.41) is 0. The summed E-state index contributed by atoms with van der Waals surface area (Å²) < 4.78 is 0. The van der Waals surface area contributed by atoms with Crippen LogP contribution in [0.5, 0.6) is 0 Å². The predicted octanol–water partition coefficient (Wildman–Crippen LogP) is 3.53. The fourth-order valence-electron chi connectivity index (χ4n) is 4.53. The first-order valence-electron chi connectivity index (χ1n) is 10.3. The highest BCUT2D eigenvalue weighted by Gasteiger charge is 2.42. The maximum absolute atomic E-state index is 12.3. The minimum Gasteiger partial charge on any atom is -0.356 e. The highest BCUT2D eigenvalue weighted by atomic mass is 16.2. The van der Waals surface area contributed by atoms with E-state index in [1.165, 1.54) is 25.7 Å². The Morgan fingerprint density at radius 2 is 1.92 bits per heavy atom. The monoisotopic (exact) mass is 356 g/mol. The fraction of sp³-hybridized carbons (Fsp3) is 0.762. The van der Waals surface area contributed by atoms with Crippen molar-refractivity contribution in [3.05, 3.63) is 17.6 Å². The van der Waals surface area contributed by atoms with E-state index in [1.807, 2.05) is 6.92 Å². The molecule has 1 saturated carbocycles. The standard InChI is InChI=1S/C21H32N4O/c1-15(2)18-12-19(23-16(3)22-18)24-10-8-21(9-11-24)7-6-20(26)25(14-21)13-17-4-5-17/h12,15,17H,4-11,13-14H2,1-3H3. The van der Waals surface area contributed by atoms with Crippen LogP contribution in [0.4, 0.5) is 5.82 Å². The zero-order chi connectivity index (χ0) is 18.3. The molecule has 5 heteroatoms. The van der Waals surface area contributed by atoms with Crippen molar-refractivity contribution >= 4 is 11.7 Å². The summed E-state index contributed by atoms with van der Waals surface area (Å²) in [6.07, 6.45) is 6.78. The van der Waals surface area contributed by atoms with Gasteiger partial charge in [-0.2, -0.15) is 0 Å². The molecule has 0 N–H and O–H groups in total. The van der Waals surface area contributed by atoms with Crippen LogP contribution in [0.15, 0.2) is 6.07 Å². The molecule has 3 aliphatic rings. The molecule has 26 heavy (non-hydrogen) atoms. The van der Waals surface area contributed by atoms with Crippen molar-refractivity contribution in [3.63, 3.8) is 0 Å². The molecule has 2 aliphatic heterocycles. The van der Waals surface area contributed by atoms with E-state index in [4.69, 9.17) is 4.98 Å². The number of hydrogen-bond acceptors (Lipinski definition) is 4. The van der Waals surface area contributed by atoms with Gasteiger partial charge in [-0.3, -0.25) is 4.79 Å². The lowest BCUT2D eigenvalue weighted by molar-refractivity contribution is -0.138. The predicted molar refractivity (Wildman–Crippen MR) is 103 cm³/mol. The summed E-state index contributed by atoms with van der Waals surface area (Å²) >= 11 is 0. The smallest absolute Gasteiger partial charge is 0.222 e. The van der Waals surface area contributed by atoms with Crippen LogP contribution in [-0.4, -0.2) is 47.0 Å². The fourth-order valence-corrected chi connectivity index (χ4v) is 4.53. The number of amides is 1. The molecule has 1 aliphatic carbocycles. The van der Waals surface area contributed by atoms with Gasteiger partial charge in [0.1, 0.15) is 11.6 Å². The molecule has 142 valence electrons. The second kappa shape index (κ2) is 6.82. The summed E-state index contributed by atoms with van der Waals surface area (Å²) in [6.45, 7) is 10.4. The Bertz CT molecular complexity index is 675. The molecule has 2 saturated heterocycles. The summed E-state index contributed by atoms with van der Waals surface area (Å²) in [5.41, 5.74) is 1.47. The number of rotatable bonds is 4. The van der Waals surface area contributed by atoms with Gasteiger partial charge in [0.25, 0.3) is 0 Å². The molecule has 0 radical (unpaired) electrons. The van der Waals surface area contributed by atoms with Gasteiger partial charge in [0.2, 0.25) is 5.91 Å². The van der Waals surface area contributed by atoms with E-state index < -0.39 is 0 Å². The number of aromatic nitrogens is 2. The van der Waals surface area contributed by atoms with Gasteiger partial charge in [0, 0.05) is 44.4 Å². The van der Waals surface area contributed by atoms with Crippen LogP contribution >= 0.6 is 0 Å². The summed E-state index contributed by atoms with van der Waals surface area (Å²) in [7, 11) is 0. The summed E-state index contributed by atoms with van der Waals surface area (Å²) in [5.74, 6) is 3.54. The second-order valence-corrected chi connectivity index (χ2v) is 9.06. The molecule has 0 unspecified atom stereocenters. The van der Waals surface area contributed by atoms with Crippen molar-refractivity contribution in [2.24, 2.45) is 11.3 Å². The van der Waals surface area contributed by atoms with Crippen LogP contribution in [0.2, 0.25) is 0 Å². The van der Waals surface area contributed by atoms with Crippen LogP contribution in [0.25, 0.3) is 0 Å². The van der Waals surface area contributed by atoms with Crippen molar-refractivity contribution in [3.8, 4) is 0 Å². The van der Waals surface area contributed by atoms with Gasteiger partial charge in [0.05, 0.1) is 0 Å². The Balaban J connectivity index is 1.43. The van der Waals surface area contributed by atoms with Crippen LogP contribution in [0, 0.1) is 18.3 Å². The lowest BCUT2D eigenvalue weighted by atomic mass is 9.72. The maximum Gasteiger partial charge on any atom is 0.222 e. The van der Waals surface area contributed by atoms with Crippen molar-refractivity contribution in [2.45, 2.75) is 65.2 Å². The number of aryl methyl sites for hydroxylation is 1. The minimum atomic E-state index is 0.336. The average molecular weight is 357 g/mol. The van der Waals surface area contributed by atoms with Gasteiger partial charge in [-0.05, 0) is 56.3 Å². The molecular weight excluding hydrogens is 324 g/mol. The maximum atomic E-state index is 12.3. The lowest BCUT2D eigenvalue weighted by Gasteiger charge is -2.47. The first-order valence-corrected chi connectivity index (χ1v) is 10.3. The van der Waals surface area contributed by atoms with Crippen LogP contribution in [0.3, 0.4) is 0 Å². The molecule has 5 nitrogen and oxygen atoms in total. The van der Waals surface area contributed by atoms with Gasteiger partial charge in [0.15, 0.2) is 0 Å². The highest BCUT2D eigenvalue weighted by molar-refractivity contribution is 5.77. The summed E-state index contributed by atoms with van der Waals surface area (Å²) in [6, 6.07) is 2.17. The molecule has 1 aromatic rings. The number of hydrogen-bond donors (Lipinski definition) is 0. The van der Waals surface area contributed by atoms with Gasteiger partial charge in [-0.15, -0.1) is 0 Å². The molecular formula is C21H32N4O. The third-order valence-corrected chi connectivity index (χ3v) is 6.51. The third kappa shape index (κ3) is 3.72. The molecule has 1 aromatic heterocycles. The van der Waals surface area contributed by atoms with E-state index >= 15 is 0 Å². The van der Waals surface area contributed by atoms with Crippen molar-refractivity contribution < 1.29 is 4.79 Å². The minimum absolute atomic E-state index is 0.336. The number of carbonyl (C=O) groups is 1. The number of anilines is 1. The van der Waals surface area contributed by atoms with E-state index in [1.54, 1.807) is 0 Å². The van der Waals surface area contributed by atoms with E-state index in [0.717, 1.165) is 62.3 Å². The third-order valence-electron chi connectivity index (χ3n) is 6.51. The largest absolute Gasteiger partial charge is 0.356 e. The van der Waals surface area contributed by atoms with Crippen molar-refractivity contribution in [1.29, 1.82) is 0 Å². The molecule has 3 fully saturated rings. The van der Waals surface area contributed by atoms with Crippen LogP contribution in [-0.2, 0) is 4.79 Å².